The molecule has 0 heterocycles. The van der Waals surface area contributed by atoms with Gasteiger partial charge in [-0.3, -0.25) is 9.59 Å². The van der Waals surface area contributed by atoms with Gasteiger partial charge in [-0.15, -0.1) is 0 Å². The van der Waals surface area contributed by atoms with Crippen molar-refractivity contribution in [3.8, 4) is 11.8 Å². The number of Topliss-reactive ketones (excluding diaryl/α,β-unsaturated/α-hetero) is 2. The summed E-state index contributed by atoms with van der Waals surface area (Å²) < 4.78 is 0. The van der Waals surface area contributed by atoms with Gasteiger partial charge in [0.15, 0.2) is 0 Å². The van der Waals surface area contributed by atoms with E-state index in [4.69, 9.17) is 0 Å². The van der Waals surface area contributed by atoms with Gasteiger partial charge in [0.05, 0.1) is 11.8 Å². The monoisotopic (exact) mass is 304 g/mol. The van der Waals surface area contributed by atoms with Crippen LogP contribution in [0.15, 0.2) is 54.6 Å². The summed E-state index contributed by atoms with van der Waals surface area (Å²) in [5.74, 6) is 4.79. The van der Waals surface area contributed by atoms with Crippen molar-refractivity contribution in [1.29, 1.82) is 0 Å². The highest BCUT2D eigenvalue weighted by molar-refractivity contribution is 6.01. The third-order valence-electron chi connectivity index (χ3n) is 3.79. The molecule has 0 fully saturated rings. The molecule has 0 saturated carbocycles. The number of hydrogen-bond donors (Lipinski definition) is 0. The maximum atomic E-state index is 12.0. The van der Waals surface area contributed by atoms with Gasteiger partial charge in [0.25, 0.3) is 0 Å². The van der Waals surface area contributed by atoms with Crippen molar-refractivity contribution in [1.82, 2.24) is 0 Å². The second-order valence-corrected chi connectivity index (χ2v) is 5.72. The number of rotatable bonds is 4. The van der Waals surface area contributed by atoms with Crippen LogP contribution in [0, 0.1) is 24.7 Å². The average Bonchev–Trinajstić information content (AvgIpc) is 2.52. The van der Waals surface area contributed by atoms with Crippen LogP contribution in [-0.4, -0.2) is 11.6 Å². The number of benzene rings is 2. The first kappa shape index (κ1) is 16.7. The second kappa shape index (κ2) is 7.56. The second-order valence-electron chi connectivity index (χ2n) is 5.72. The van der Waals surface area contributed by atoms with Gasteiger partial charge in [0.2, 0.25) is 0 Å². The molecule has 0 aromatic heterocycles. The van der Waals surface area contributed by atoms with Crippen molar-refractivity contribution >= 4 is 11.6 Å². The van der Waals surface area contributed by atoms with Crippen molar-refractivity contribution in [3.63, 3.8) is 0 Å². The van der Waals surface area contributed by atoms with E-state index in [1.807, 2.05) is 61.5 Å². The Morgan fingerprint density at radius 1 is 0.870 bits per heavy atom. The standard InChI is InChI=1S/C21H20O2/c1-15-9-12-19(13-10-15)20(21(16(2)22)17(3)23)14-11-18-7-5-4-6-8-18/h4-10,12-13,20-21H,1-3H3. The Kier molecular flexibility index (Phi) is 5.49. The summed E-state index contributed by atoms with van der Waals surface area (Å²) in [5, 5.41) is 0. The molecule has 0 aliphatic heterocycles. The van der Waals surface area contributed by atoms with Gasteiger partial charge >= 0.3 is 0 Å². The zero-order valence-electron chi connectivity index (χ0n) is 13.7. The van der Waals surface area contributed by atoms with E-state index < -0.39 is 11.8 Å². The van der Waals surface area contributed by atoms with E-state index in [2.05, 4.69) is 11.8 Å². The van der Waals surface area contributed by atoms with Crippen molar-refractivity contribution < 1.29 is 9.59 Å². The zero-order valence-corrected chi connectivity index (χ0v) is 13.7. The number of ketones is 2. The molecule has 23 heavy (non-hydrogen) atoms. The fourth-order valence-electron chi connectivity index (χ4n) is 2.57. The van der Waals surface area contributed by atoms with E-state index in [9.17, 15) is 9.59 Å². The fraction of sp³-hybridized carbons (Fsp3) is 0.238. The SMILES string of the molecule is CC(=O)C(C(C)=O)C(C#Cc1ccccc1)c1ccc(C)cc1. The Hall–Kier alpha value is -2.66. The average molecular weight is 304 g/mol. The van der Waals surface area contributed by atoms with Gasteiger partial charge in [-0.1, -0.05) is 59.9 Å². The van der Waals surface area contributed by atoms with Gasteiger partial charge in [-0.2, -0.15) is 0 Å². The highest BCUT2D eigenvalue weighted by Gasteiger charge is 2.29. The van der Waals surface area contributed by atoms with E-state index in [-0.39, 0.29) is 11.6 Å². The van der Waals surface area contributed by atoms with Crippen LogP contribution in [0.1, 0.15) is 36.5 Å². The number of aryl methyl sites for hydroxylation is 1. The smallest absolute Gasteiger partial charge is 0.141 e. The van der Waals surface area contributed by atoms with Crippen molar-refractivity contribution in [3.05, 3.63) is 71.3 Å². The van der Waals surface area contributed by atoms with Crippen LogP contribution < -0.4 is 0 Å². The molecule has 0 radical (unpaired) electrons. The predicted octanol–water partition coefficient (Wildman–Crippen LogP) is 3.92. The van der Waals surface area contributed by atoms with Gasteiger partial charge in [0.1, 0.15) is 11.6 Å². The molecule has 0 amide bonds. The quantitative estimate of drug-likeness (QED) is 0.633. The molecule has 2 heteroatoms. The third-order valence-corrected chi connectivity index (χ3v) is 3.79. The molecule has 0 spiro atoms. The zero-order chi connectivity index (χ0) is 16.8. The van der Waals surface area contributed by atoms with Gasteiger partial charge in [-0.05, 0) is 38.5 Å². The molecule has 0 saturated heterocycles. The molecule has 0 N–H and O–H groups in total. The Bertz CT molecular complexity index is 732. The molecular formula is C21H20O2. The van der Waals surface area contributed by atoms with Gasteiger partial charge < -0.3 is 0 Å². The summed E-state index contributed by atoms with van der Waals surface area (Å²) in [5.41, 5.74) is 2.90. The molecule has 2 rings (SSSR count). The summed E-state index contributed by atoms with van der Waals surface area (Å²) in [6.45, 7) is 4.91. The summed E-state index contributed by atoms with van der Waals surface area (Å²) in [7, 11) is 0. The number of hydrogen-bond acceptors (Lipinski definition) is 2. The molecule has 1 unspecified atom stereocenters. The Morgan fingerprint density at radius 3 is 1.96 bits per heavy atom. The van der Waals surface area contributed by atoms with Gasteiger partial charge in [-0.25, -0.2) is 0 Å². The van der Waals surface area contributed by atoms with Crippen LogP contribution in [-0.2, 0) is 9.59 Å². The molecule has 116 valence electrons. The van der Waals surface area contributed by atoms with E-state index in [0.717, 1.165) is 16.7 Å². The van der Waals surface area contributed by atoms with E-state index in [1.165, 1.54) is 13.8 Å². The summed E-state index contributed by atoms with van der Waals surface area (Å²) in [6, 6.07) is 17.4. The van der Waals surface area contributed by atoms with Crippen LogP contribution in [0.4, 0.5) is 0 Å². The van der Waals surface area contributed by atoms with Crippen LogP contribution in [0.25, 0.3) is 0 Å². The molecule has 1 atom stereocenters. The number of carbonyl (C=O) groups excluding carboxylic acids is 2. The van der Waals surface area contributed by atoms with Crippen LogP contribution in [0.2, 0.25) is 0 Å². The highest BCUT2D eigenvalue weighted by Crippen LogP contribution is 2.26. The van der Waals surface area contributed by atoms with Crippen molar-refractivity contribution in [2.75, 3.05) is 0 Å². The van der Waals surface area contributed by atoms with E-state index in [1.54, 1.807) is 0 Å². The summed E-state index contributed by atoms with van der Waals surface area (Å²) in [6.07, 6.45) is 0. The minimum atomic E-state index is -0.728. The lowest BCUT2D eigenvalue weighted by atomic mass is 9.81. The first-order chi connectivity index (χ1) is 11.0. The largest absolute Gasteiger partial charge is 0.299 e. The first-order valence-corrected chi connectivity index (χ1v) is 7.63. The van der Waals surface area contributed by atoms with Crippen LogP contribution in [0.3, 0.4) is 0 Å². The van der Waals surface area contributed by atoms with Crippen molar-refractivity contribution in [2.24, 2.45) is 5.92 Å². The Labute approximate surface area is 137 Å². The molecule has 2 aromatic carbocycles. The lowest BCUT2D eigenvalue weighted by molar-refractivity contribution is -0.130. The summed E-state index contributed by atoms with van der Waals surface area (Å²) in [4.78, 5) is 24.0. The Morgan fingerprint density at radius 2 is 1.43 bits per heavy atom. The molecule has 2 nitrogen and oxygen atoms in total. The minimum absolute atomic E-state index is 0.148. The highest BCUT2D eigenvalue weighted by atomic mass is 16.1. The van der Waals surface area contributed by atoms with E-state index in [0.29, 0.717) is 0 Å². The van der Waals surface area contributed by atoms with E-state index >= 15 is 0 Å². The first-order valence-electron chi connectivity index (χ1n) is 7.63. The maximum absolute atomic E-state index is 12.0. The normalized spacial score (nSPS) is 11.5. The summed E-state index contributed by atoms with van der Waals surface area (Å²) >= 11 is 0. The lowest BCUT2D eigenvalue weighted by Gasteiger charge is -2.19. The van der Waals surface area contributed by atoms with Crippen molar-refractivity contribution in [2.45, 2.75) is 26.7 Å². The molecule has 0 bridgehead atoms. The maximum Gasteiger partial charge on any atom is 0.141 e. The predicted molar refractivity (Wildman–Crippen MR) is 92.1 cm³/mol. The number of carbonyl (C=O) groups is 2. The fourth-order valence-corrected chi connectivity index (χ4v) is 2.57. The molecule has 0 aliphatic carbocycles. The van der Waals surface area contributed by atoms with Crippen LogP contribution in [0.5, 0.6) is 0 Å². The third kappa shape index (κ3) is 4.40. The topological polar surface area (TPSA) is 34.1 Å². The molecule has 2 aromatic rings. The Balaban J connectivity index is 2.47. The minimum Gasteiger partial charge on any atom is -0.299 e. The molecular weight excluding hydrogens is 284 g/mol. The molecule has 0 aliphatic rings. The lowest BCUT2D eigenvalue weighted by Crippen LogP contribution is -2.26. The van der Waals surface area contributed by atoms with Crippen LogP contribution >= 0.6 is 0 Å². The van der Waals surface area contributed by atoms with Gasteiger partial charge in [0, 0.05) is 5.56 Å².